The summed E-state index contributed by atoms with van der Waals surface area (Å²) in [4.78, 5) is 13.9. The highest BCUT2D eigenvalue weighted by molar-refractivity contribution is 7.92. The Bertz CT molecular complexity index is 579. The maximum Gasteiger partial charge on any atom is 0.247 e. The Kier molecular flexibility index (Phi) is 4.25. The number of amides is 1. The summed E-state index contributed by atoms with van der Waals surface area (Å²) in [6, 6.07) is 6.83. The molecule has 0 bridgehead atoms. The van der Waals surface area contributed by atoms with Crippen molar-refractivity contribution >= 4 is 27.1 Å². The molecule has 6 heteroatoms. The number of sulfone groups is 1. The van der Waals surface area contributed by atoms with E-state index in [4.69, 9.17) is 5.73 Å². The zero-order valence-electron chi connectivity index (χ0n) is 11.7. The number of rotatable bonds is 4. The Balaban J connectivity index is 3.22. The first-order valence-corrected chi connectivity index (χ1v) is 7.87. The molecule has 0 heterocycles. The number of benzene rings is 1. The zero-order chi connectivity index (χ0) is 14.8. The first-order chi connectivity index (χ1) is 8.61. The van der Waals surface area contributed by atoms with E-state index in [1.165, 1.54) is 18.7 Å². The molecule has 0 radical (unpaired) electrons. The van der Waals surface area contributed by atoms with Crippen molar-refractivity contribution in [2.24, 2.45) is 0 Å². The first-order valence-electron chi connectivity index (χ1n) is 5.98. The lowest BCUT2D eigenvalue weighted by Gasteiger charge is -2.30. The summed E-state index contributed by atoms with van der Waals surface area (Å²) < 4.78 is 22.0. The maximum atomic E-state index is 12.5. The molecule has 0 fully saturated rings. The molecule has 0 aromatic heterocycles. The van der Waals surface area contributed by atoms with Crippen LogP contribution < -0.4 is 10.6 Å². The summed E-state index contributed by atoms with van der Waals surface area (Å²) in [5.41, 5.74) is 6.82. The molecule has 1 rings (SSSR count). The lowest BCUT2D eigenvalue weighted by Crippen LogP contribution is -2.49. The van der Waals surface area contributed by atoms with Gasteiger partial charge in [-0.1, -0.05) is 6.07 Å². The van der Waals surface area contributed by atoms with E-state index in [2.05, 4.69) is 0 Å². The third-order valence-electron chi connectivity index (χ3n) is 3.19. The number of nitrogens with two attached hydrogens (primary N) is 1. The molecule has 1 amide bonds. The predicted molar refractivity (Wildman–Crippen MR) is 77.8 cm³/mol. The van der Waals surface area contributed by atoms with Gasteiger partial charge in [-0.3, -0.25) is 4.79 Å². The largest absolute Gasteiger partial charge is 0.399 e. The van der Waals surface area contributed by atoms with Gasteiger partial charge in [0.05, 0.1) is 0 Å². The van der Waals surface area contributed by atoms with Crippen LogP contribution in [0.25, 0.3) is 0 Å². The minimum atomic E-state index is -3.50. The Morgan fingerprint density at radius 3 is 2.37 bits per heavy atom. The lowest BCUT2D eigenvalue weighted by atomic mass is 10.1. The summed E-state index contributed by atoms with van der Waals surface area (Å²) in [6.07, 6.45) is 1.07. The van der Waals surface area contributed by atoms with Gasteiger partial charge in [-0.2, -0.15) is 0 Å². The third kappa shape index (κ3) is 3.07. The molecule has 0 aliphatic heterocycles. The van der Waals surface area contributed by atoms with E-state index in [1.54, 1.807) is 31.2 Å². The molecule has 0 aliphatic carbocycles. The monoisotopic (exact) mass is 284 g/mol. The fourth-order valence-electron chi connectivity index (χ4n) is 1.62. The summed E-state index contributed by atoms with van der Waals surface area (Å²) in [6.45, 7) is 5.00. The maximum absolute atomic E-state index is 12.5. The van der Waals surface area contributed by atoms with E-state index in [0.29, 0.717) is 17.9 Å². The highest BCUT2D eigenvalue weighted by atomic mass is 32.2. The number of carbonyl (C=O) groups is 1. The summed E-state index contributed by atoms with van der Waals surface area (Å²) in [5, 5.41) is 0. The molecular weight excluding hydrogens is 264 g/mol. The highest BCUT2D eigenvalue weighted by Crippen LogP contribution is 2.24. The molecule has 0 saturated carbocycles. The van der Waals surface area contributed by atoms with E-state index in [9.17, 15) is 13.2 Å². The van der Waals surface area contributed by atoms with Gasteiger partial charge in [0.2, 0.25) is 5.91 Å². The molecule has 1 aromatic rings. The molecule has 1 aromatic carbocycles. The van der Waals surface area contributed by atoms with Crippen molar-refractivity contribution in [3.05, 3.63) is 24.3 Å². The number of hydrogen-bond acceptors (Lipinski definition) is 4. The zero-order valence-corrected chi connectivity index (χ0v) is 12.5. The van der Waals surface area contributed by atoms with Gasteiger partial charge < -0.3 is 10.6 Å². The fourth-order valence-corrected chi connectivity index (χ4v) is 2.05. The molecule has 0 spiro atoms. The van der Waals surface area contributed by atoms with Crippen molar-refractivity contribution in [2.45, 2.75) is 25.5 Å². The van der Waals surface area contributed by atoms with Gasteiger partial charge in [0.1, 0.15) is 4.75 Å². The van der Waals surface area contributed by atoms with Crippen LogP contribution in [0.1, 0.15) is 20.8 Å². The third-order valence-corrected chi connectivity index (χ3v) is 5.21. The van der Waals surface area contributed by atoms with Gasteiger partial charge in [-0.25, -0.2) is 8.42 Å². The topological polar surface area (TPSA) is 80.5 Å². The van der Waals surface area contributed by atoms with Crippen LogP contribution in [-0.2, 0) is 14.6 Å². The first kappa shape index (κ1) is 15.5. The minimum absolute atomic E-state index is 0.376. The molecule has 19 heavy (non-hydrogen) atoms. The molecule has 0 atom stereocenters. The van der Waals surface area contributed by atoms with Crippen LogP contribution in [0.2, 0.25) is 0 Å². The van der Waals surface area contributed by atoms with Gasteiger partial charge in [-0.15, -0.1) is 0 Å². The van der Waals surface area contributed by atoms with Crippen LogP contribution in [-0.4, -0.2) is 31.9 Å². The normalized spacial score (nSPS) is 12.2. The average Bonchev–Trinajstić information content (AvgIpc) is 2.28. The Labute approximate surface area is 114 Å². The number of nitrogen functional groups attached to an aromatic ring is 1. The number of carbonyl (C=O) groups excluding carboxylic acids is 1. The Morgan fingerprint density at radius 1 is 1.37 bits per heavy atom. The smallest absolute Gasteiger partial charge is 0.247 e. The van der Waals surface area contributed by atoms with Crippen LogP contribution in [0.15, 0.2) is 24.3 Å². The van der Waals surface area contributed by atoms with E-state index in [0.717, 1.165) is 6.26 Å². The van der Waals surface area contributed by atoms with Crippen LogP contribution >= 0.6 is 0 Å². The van der Waals surface area contributed by atoms with Gasteiger partial charge in [0.15, 0.2) is 9.84 Å². The van der Waals surface area contributed by atoms with Crippen molar-refractivity contribution in [2.75, 3.05) is 23.4 Å². The number of anilines is 2. The van der Waals surface area contributed by atoms with E-state index in [1.807, 2.05) is 0 Å². The van der Waals surface area contributed by atoms with E-state index >= 15 is 0 Å². The molecule has 2 N–H and O–H groups in total. The van der Waals surface area contributed by atoms with Crippen molar-refractivity contribution < 1.29 is 13.2 Å². The number of nitrogens with zero attached hydrogens (tertiary/aromatic N) is 1. The summed E-state index contributed by atoms with van der Waals surface area (Å²) >= 11 is 0. The lowest BCUT2D eigenvalue weighted by molar-refractivity contribution is -0.120. The Hall–Kier alpha value is -1.56. The van der Waals surface area contributed by atoms with Crippen molar-refractivity contribution in [3.8, 4) is 0 Å². The van der Waals surface area contributed by atoms with Gasteiger partial charge in [0, 0.05) is 24.2 Å². The molecular formula is C13H20N2O3S. The second kappa shape index (κ2) is 5.21. The molecule has 5 nitrogen and oxygen atoms in total. The van der Waals surface area contributed by atoms with E-state index < -0.39 is 20.5 Å². The number of hydrogen-bond donors (Lipinski definition) is 1. The molecule has 0 aliphatic rings. The highest BCUT2D eigenvalue weighted by Gasteiger charge is 2.41. The van der Waals surface area contributed by atoms with Crippen LogP contribution in [0.5, 0.6) is 0 Å². The van der Waals surface area contributed by atoms with Crippen LogP contribution in [0.4, 0.5) is 11.4 Å². The summed E-state index contributed by atoms with van der Waals surface area (Å²) in [5.74, 6) is -0.455. The van der Waals surface area contributed by atoms with Gasteiger partial charge in [-0.05, 0) is 39.0 Å². The SMILES string of the molecule is CCN(C(=O)C(C)(C)S(C)(=O)=O)c1cccc(N)c1. The minimum Gasteiger partial charge on any atom is -0.399 e. The molecule has 0 unspecified atom stereocenters. The van der Waals surface area contributed by atoms with Gasteiger partial charge in [0.25, 0.3) is 0 Å². The summed E-state index contributed by atoms with van der Waals surface area (Å²) in [7, 11) is -3.50. The second-order valence-corrected chi connectivity index (χ2v) is 7.49. The predicted octanol–water partition coefficient (Wildman–Crippen LogP) is 1.44. The average molecular weight is 284 g/mol. The van der Waals surface area contributed by atoms with Crippen molar-refractivity contribution in [1.29, 1.82) is 0 Å². The molecule has 0 saturated heterocycles. The Morgan fingerprint density at radius 2 is 1.95 bits per heavy atom. The molecule has 106 valence electrons. The van der Waals surface area contributed by atoms with Crippen molar-refractivity contribution in [3.63, 3.8) is 0 Å². The fraction of sp³-hybridized carbons (Fsp3) is 0.462. The second-order valence-electron chi connectivity index (χ2n) is 4.93. The van der Waals surface area contributed by atoms with Crippen molar-refractivity contribution in [1.82, 2.24) is 0 Å². The van der Waals surface area contributed by atoms with Crippen LogP contribution in [0, 0.1) is 0 Å². The van der Waals surface area contributed by atoms with Gasteiger partial charge >= 0.3 is 0 Å². The van der Waals surface area contributed by atoms with E-state index in [-0.39, 0.29) is 0 Å². The standard InChI is InChI=1S/C13H20N2O3S/c1-5-15(11-8-6-7-10(14)9-11)12(16)13(2,3)19(4,17)18/h6-9H,5,14H2,1-4H3. The van der Waals surface area contributed by atoms with Crippen LogP contribution in [0.3, 0.4) is 0 Å². The quantitative estimate of drug-likeness (QED) is 0.848.